The molecule has 0 saturated heterocycles. The topological polar surface area (TPSA) is 0 Å². The van der Waals surface area contributed by atoms with Gasteiger partial charge < -0.3 is 0 Å². The summed E-state index contributed by atoms with van der Waals surface area (Å²) in [5, 5.41) is 0. The van der Waals surface area contributed by atoms with E-state index in [0.29, 0.717) is 0 Å². The van der Waals surface area contributed by atoms with Gasteiger partial charge in [0.25, 0.3) is 0 Å². The van der Waals surface area contributed by atoms with Crippen molar-refractivity contribution < 1.29 is 0 Å². The Labute approximate surface area is 116 Å². The molecule has 0 radical (unpaired) electrons. The monoisotopic (exact) mass is 334 g/mol. The fourth-order valence-electron chi connectivity index (χ4n) is 1.56. The lowest BCUT2D eigenvalue weighted by atomic mass is 10.1. The minimum absolute atomic E-state index is 1.23. The van der Waals surface area contributed by atoms with Gasteiger partial charge in [-0.25, -0.2) is 0 Å². The van der Waals surface area contributed by atoms with E-state index in [2.05, 4.69) is 53.8 Å². The molecule has 0 aliphatic heterocycles. The molecule has 0 atom stereocenters. The van der Waals surface area contributed by atoms with E-state index in [1.54, 1.807) is 0 Å². The van der Waals surface area contributed by atoms with Crippen molar-refractivity contribution in [3.05, 3.63) is 24.3 Å². The Balaban J connectivity index is 3.12. The molecule has 0 aliphatic rings. The van der Waals surface area contributed by atoms with Crippen LogP contribution in [0.5, 0.6) is 0 Å². The van der Waals surface area contributed by atoms with Crippen LogP contribution in [0, 0.1) is 0 Å². The molecule has 0 fully saturated rings. The third-order valence-electron chi connectivity index (χ3n) is 2.61. The van der Waals surface area contributed by atoms with Gasteiger partial charge in [0.1, 0.15) is 0 Å². The molecule has 0 spiro atoms. The van der Waals surface area contributed by atoms with Crippen LogP contribution < -0.4 is 0 Å². The lowest BCUT2D eigenvalue weighted by Crippen LogP contribution is -1.78. The number of allylic oxidation sites excluding steroid dienone is 4. The first-order valence-electron chi connectivity index (χ1n) is 6.79. The second kappa shape index (κ2) is 15.2. The molecule has 16 heavy (non-hydrogen) atoms. The average Bonchev–Trinajstić information content (AvgIpc) is 2.31. The summed E-state index contributed by atoms with van der Waals surface area (Å²) in [7, 11) is 0. The Kier molecular flexibility index (Phi) is 15.4. The second-order valence-electron chi connectivity index (χ2n) is 4.24. The number of hydrogen-bond acceptors (Lipinski definition) is 0. The van der Waals surface area contributed by atoms with Gasteiger partial charge in [0, 0.05) is 0 Å². The van der Waals surface area contributed by atoms with Crippen molar-refractivity contribution in [2.45, 2.75) is 64.7 Å². The molecule has 0 aromatic carbocycles. The van der Waals surface area contributed by atoms with Crippen LogP contribution in [-0.4, -0.2) is 4.43 Å². The van der Waals surface area contributed by atoms with Crippen LogP contribution in [0.1, 0.15) is 64.7 Å². The smallest absolute Gasteiger partial charge is 0.000473 e. The molecule has 1 heteroatoms. The third-order valence-corrected chi connectivity index (χ3v) is 3.37. The highest BCUT2D eigenvalue weighted by atomic mass is 127. The molecule has 0 saturated carbocycles. The fraction of sp³-hybridized carbons (Fsp3) is 0.733. The van der Waals surface area contributed by atoms with E-state index in [4.69, 9.17) is 0 Å². The van der Waals surface area contributed by atoms with E-state index in [9.17, 15) is 0 Å². The Morgan fingerprint density at radius 3 is 1.94 bits per heavy atom. The van der Waals surface area contributed by atoms with Gasteiger partial charge in [-0.05, 0) is 30.1 Å². The van der Waals surface area contributed by atoms with Crippen molar-refractivity contribution in [3.63, 3.8) is 0 Å². The van der Waals surface area contributed by atoms with Crippen molar-refractivity contribution in [1.82, 2.24) is 0 Å². The molecular weight excluding hydrogens is 307 g/mol. The molecule has 0 aliphatic carbocycles. The third kappa shape index (κ3) is 14.2. The standard InChI is InChI=1S/C15H27I/c1-2-3-4-5-6-7-8-9-10-11-12-13-14-15-16/h5-8H,2-4,9-15H2,1H3/b6-5-,8-7+. The number of halogens is 1. The summed E-state index contributed by atoms with van der Waals surface area (Å²) in [6, 6.07) is 0. The van der Waals surface area contributed by atoms with Gasteiger partial charge in [0.2, 0.25) is 0 Å². The SMILES string of the molecule is CCCC/C=C\C=C\CCCCCCCI. The molecule has 0 unspecified atom stereocenters. The van der Waals surface area contributed by atoms with Gasteiger partial charge in [0.05, 0.1) is 0 Å². The van der Waals surface area contributed by atoms with E-state index in [1.165, 1.54) is 62.2 Å². The summed E-state index contributed by atoms with van der Waals surface area (Å²) in [5.74, 6) is 0. The number of hydrogen-bond donors (Lipinski definition) is 0. The van der Waals surface area contributed by atoms with Crippen molar-refractivity contribution in [1.29, 1.82) is 0 Å². The number of alkyl halides is 1. The zero-order valence-electron chi connectivity index (χ0n) is 10.8. The van der Waals surface area contributed by atoms with Crippen LogP contribution in [0.3, 0.4) is 0 Å². The first kappa shape index (κ1) is 16.2. The molecule has 0 amide bonds. The summed E-state index contributed by atoms with van der Waals surface area (Å²) in [4.78, 5) is 0. The largest absolute Gasteiger partial charge is 0.0864 e. The first-order valence-corrected chi connectivity index (χ1v) is 8.32. The van der Waals surface area contributed by atoms with Crippen LogP contribution in [0.15, 0.2) is 24.3 Å². The summed E-state index contributed by atoms with van der Waals surface area (Å²) in [6.45, 7) is 2.24. The molecule has 0 rings (SSSR count). The van der Waals surface area contributed by atoms with Crippen molar-refractivity contribution in [2.24, 2.45) is 0 Å². The van der Waals surface area contributed by atoms with Crippen LogP contribution in [-0.2, 0) is 0 Å². The summed E-state index contributed by atoms with van der Waals surface area (Å²) >= 11 is 2.46. The van der Waals surface area contributed by atoms with E-state index in [1.807, 2.05) is 0 Å². The zero-order valence-corrected chi connectivity index (χ0v) is 12.9. The quantitative estimate of drug-likeness (QED) is 0.186. The van der Waals surface area contributed by atoms with Crippen LogP contribution in [0.25, 0.3) is 0 Å². The lowest BCUT2D eigenvalue weighted by molar-refractivity contribution is 0.642. The van der Waals surface area contributed by atoms with Gasteiger partial charge >= 0.3 is 0 Å². The molecular formula is C15H27I. The Morgan fingerprint density at radius 1 is 0.750 bits per heavy atom. The number of rotatable bonds is 11. The highest BCUT2D eigenvalue weighted by molar-refractivity contribution is 14.1. The Bertz CT molecular complexity index is 170. The highest BCUT2D eigenvalue weighted by Crippen LogP contribution is 2.07. The fourth-order valence-corrected chi connectivity index (χ4v) is 2.10. The Morgan fingerprint density at radius 2 is 1.31 bits per heavy atom. The van der Waals surface area contributed by atoms with E-state index in [0.717, 1.165) is 0 Å². The molecule has 94 valence electrons. The maximum atomic E-state index is 2.46. The van der Waals surface area contributed by atoms with Gasteiger partial charge in [-0.2, -0.15) is 0 Å². The van der Waals surface area contributed by atoms with Crippen LogP contribution in [0.4, 0.5) is 0 Å². The van der Waals surface area contributed by atoms with Gasteiger partial charge in [-0.15, -0.1) is 0 Å². The maximum absolute atomic E-state index is 2.46. The second-order valence-corrected chi connectivity index (χ2v) is 5.32. The Hall–Kier alpha value is 0.210. The van der Waals surface area contributed by atoms with Gasteiger partial charge in [-0.3, -0.25) is 0 Å². The predicted octanol–water partition coefficient (Wildman–Crippen LogP) is 6.06. The molecule has 0 N–H and O–H groups in total. The van der Waals surface area contributed by atoms with E-state index >= 15 is 0 Å². The molecule has 0 aromatic rings. The molecule has 0 nitrogen and oxygen atoms in total. The minimum Gasteiger partial charge on any atom is -0.0864 e. The normalized spacial score (nSPS) is 11.9. The molecule has 0 aromatic heterocycles. The van der Waals surface area contributed by atoms with E-state index < -0.39 is 0 Å². The summed E-state index contributed by atoms with van der Waals surface area (Å²) in [5.41, 5.74) is 0. The molecule has 0 heterocycles. The molecule has 0 bridgehead atoms. The van der Waals surface area contributed by atoms with E-state index in [-0.39, 0.29) is 0 Å². The maximum Gasteiger partial charge on any atom is -0.000473 e. The number of unbranched alkanes of at least 4 members (excludes halogenated alkanes) is 7. The first-order chi connectivity index (χ1) is 7.91. The zero-order chi connectivity index (χ0) is 11.9. The van der Waals surface area contributed by atoms with Crippen LogP contribution >= 0.6 is 22.6 Å². The minimum atomic E-state index is 1.23. The van der Waals surface area contributed by atoms with Crippen LogP contribution in [0.2, 0.25) is 0 Å². The average molecular weight is 334 g/mol. The highest BCUT2D eigenvalue weighted by Gasteiger charge is 1.87. The summed E-state index contributed by atoms with van der Waals surface area (Å²) in [6.07, 6.45) is 21.1. The van der Waals surface area contributed by atoms with Crippen molar-refractivity contribution in [3.8, 4) is 0 Å². The predicted molar refractivity (Wildman–Crippen MR) is 84.4 cm³/mol. The van der Waals surface area contributed by atoms with Gasteiger partial charge in [0.15, 0.2) is 0 Å². The van der Waals surface area contributed by atoms with Gasteiger partial charge in [-0.1, -0.05) is 85.9 Å². The lowest BCUT2D eigenvalue weighted by Gasteiger charge is -1.96. The van der Waals surface area contributed by atoms with Crippen molar-refractivity contribution in [2.75, 3.05) is 4.43 Å². The van der Waals surface area contributed by atoms with Crippen molar-refractivity contribution >= 4 is 22.6 Å². The summed E-state index contributed by atoms with van der Waals surface area (Å²) < 4.78 is 1.32.